The summed E-state index contributed by atoms with van der Waals surface area (Å²) in [6.07, 6.45) is 4.90. The molecule has 1 saturated heterocycles. The van der Waals surface area contributed by atoms with Crippen LogP contribution >= 0.6 is 0 Å². The van der Waals surface area contributed by atoms with Crippen molar-refractivity contribution in [1.82, 2.24) is 0 Å². The molecule has 9 heavy (non-hydrogen) atoms. The number of hydrogen-bond donors (Lipinski definition) is 0. The minimum absolute atomic E-state index is 0.574. The van der Waals surface area contributed by atoms with Crippen LogP contribution in [-0.2, 0) is 4.74 Å². The van der Waals surface area contributed by atoms with Crippen LogP contribution in [0.2, 0.25) is 0 Å². The molecule has 2 unspecified atom stereocenters. The van der Waals surface area contributed by atoms with Gasteiger partial charge in [-0.3, -0.25) is 0 Å². The summed E-state index contributed by atoms with van der Waals surface area (Å²) >= 11 is 0. The van der Waals surface area contributed by atoms with Crippen molar-refractivity contribution in [3.05, 3.63) is 12.7 Å². The first-order valence-electron chi connectivity index (χ1n) is 3.57. The van der Waals surface area contributed by atoms with E-state index in [9.17, 15) is 0 Å². The predicted octanol–water partition coefficient (Wildman–Crippen LogP) is 1.99. The van der Waals surface area contributed by atoms with Crippen molar-refractivity contribution in [2.45, 2.75) is 25.9 Å². The van der Waals surface area contributed by atoms with Gasteiger partial charge in [-0.2, -0.15) is 0 Å². The van der Waals surface area contributed by atoms with E-state index >= 15 is 0 Å². The van der Waals surface area contributed by atoms with Crippen LogP contribution in [0.25, 0.3) is 0 Å². The zero-order valence-electron chi connectivity index (χ0n) is 5.97. The maximum absolute atomic E-state index is 5.13. The fourth-order valence-electron chi connectivity index (χ4n) is 0.951. The molecule has 0 aliphatic carbocycles. The number of ether oxygens (including phenoxy) is 1. The van der Waals surface area contributed by atoms with Gasteiger partial charge in [-0.05, 0) is 18.8 Å². The minimum Gasteiger partial charge on any atom is -0.373 e. The molecule has 1 aliphatic heterocycles. The maximum Gasteiger partial charge on any atom is 0.0835 e. The molecule has 0 radical (unpaired) electrons. The third kappa shape index (κ3) is 2.19. The standard InChI is InChI=1S/C8H14O/c1-3-4-5-7(2)8-6-9-8/h3,7-8H,1,4-6H2,2H3. The van der Waals surface area contributed by atoms with E-state index in [0.29, 0.717) is 6.10 Å². The molecule has 0 aromatic heterocycles. The average molecular weight is 126 g/mol. The van der Waals surface area contributed by atoms with Gasteiger partial charge in [0.2, 0.25) is 0 Å². The van der Waals surface area contributed by atoms with Gasteiger partial charge in [0.1, 0.15) is 0 Å². The molecule has 0 amide bonds. The Labute approximate surface area is 56.7 Å². The Hall–Kier alpha value is -0.300. The van der Waals surface area contributed by atoms with Crippen molar-refractivity contribution in [1.29, 1.82) is 0 Å². The highest BCUT2D eigenvalue weighted by molar-refractivity contribution is 4.78. The molecule has 0 aromatic carbocycles. The van der Waals surface area contributed by atoms with E-state index in [-0.39, 0.29) is 0 Å². The molecule has 0 N–H and O–H groups in total. The fourth-order valence-corrected chi connectivity index (χ4v) is 0.951. The van der Waals surface area contributed by atoms with Crippen LogP contribution < -0.4 is 0 Å². The van der Waals surface area contributed by atoms with E-state index in [2.05, 4.69) is 13.5 Å². The quantitative estimate of drug-likeness (QED) is 0.414. The van der Waals surface area contributed by atoms with E-state index < -0.39 is 0 Å². The highest BCUT2D eigenvalue weighted by Gasteiger charge is 2.28. The average Bonchev–Trinajstić information content (AvgIpc) is 2.63. The van der Waals surface area contributed by atoms with Gasteiger partial charge >= 0.3 is 0 Å². The Bertz CT molecular complexity index is 94.7. The number of allylic oxidation sites excluding steroid dienone is 1. The van der Waals surface area contributed by atoms with Gasteiger partial charge in [-0.15, -0.1) is 6.58 Å². The smallest absolute Gasteiger partial charge is 0.0835 e. The van der Waals surface area contributed by atoms with E-state index in [1.807, 2.05) is 6.08 Å². The Morgan fingerprint density at radius 1 is 1.89 bits per heavy atom. The molecule has 0 bridgehead atoms. The largest absolute Gasteiger partial charge is 0.373 e. The summed E-state index contributed by atoms with van der Waals surface area (Å²) in [4.78, 5) is 0. The summed E-state index contributed by atoms with van der Waals surface area (Å²) in [5.41, 5.74) is 0. The lowest BCUT2D eigenvalue weighted by Crippen LogP contribution is -2.01. The molecule has 1 aliphatic rings. The summed E-state index contributed by atoms with van der Waals surface area (Å²) in [6.45, 7) is 6.89. The molecule has 1 nitrogen and oxygen atoms in total. The third-order valence-electron chi connectivity index (χ3n) is 1.82. The van der Waals surface area contributed by atoms with Crippen molar-refractivity contribution in [2.75, 3.05) is 6.61 Å². The number of epoxide rings is 1. The van der Waals surface area contributed by atoms with Gasteiger partial charge in [-0.1, -0.05) is 13.0 Å². The summed E-state index contributed by atoms with van der Waals surface area (Å²) in [6, 6.07) is 0. The van der Waals surface area contributed by atoms with Crippen molar-refractivity contribution in [3.8, 4) is 0 Å². The molecule has 2 atom stereocenters. The van der Waals surface area contributed by atoms with Crippen molar-refractivity contribution in [3.63, 3.8) is 0 Å². The Kier molecular flexibility index (Phi) is 2.29. The second kappa shape index (κ2) is 3.02. The summed E-state index contributed by atoms with van der Waals surface area (Å²) in [7, 11) is 0. The summed E-state index contributed by atoms with van der Waals surface area (Å²) < 4.78 is 5.13. The molecule has 0 saturated carbocycles. The topological polar surface area (TPSA) is 12.5 Å². The van der Waals surface area contributed by atoms with Crippen LogP contribution in [0.15, 0.2) is 12.7 Å². The first kappa shape index (κ1) is 6.81. The Morgan fingerprint density at radius 3 is 3.00 bits per heavy atom. The normalized spacial score (nSPS) is 27.4. The van der Waals surface area contributed by atoms with Crippen LogP contribution in [0.1, 0.15) is 19.8 Å². The number of hydrogen-bond acceptors (Lipinski definition) is 1. The van der Waals surface area contributed by atoms with E-state index in [4.69, 9.17) is 4.74 Å². The second-order valence-electron chi connectivity index (χ2n) is 2.72. The zero-order valence-corrected chi connectivity index (χ0v) is 5.97. The number of rotatable bonds is 4. The molecule has 1 heteroatoms. The summed E-state index contributed by atoms with van der Waals surface area (Å²) in [5.74, 6) is 0.739. The lowest BCUT2D eigenvalue weighted by Gasteiger charge is -2.03. The second-order valence-corrected chi connectivity index (χ2v) is 2.72. The van der Waals surface area contributed by atoms with Crippen LogP contribution in [-0.4, -0.2) is 12.7 Å². The fraction of sp³-hybridized carbons (Fsp3) is 0.750. The van der Waals surface area contributed by atoms with Crippen molar-refractivity contribution >= 4 is 0 Å². The van der Waals surface area contributed by atoms with E-state index in [1.165, 1.54) is 6.42 Å². The first-order chi connectivity index (χ1) is 4.34. The van der Waals surface area contributed by atoms with Crippen LogP contribution in [0, 0.1) is 5.92 Å². The van der Waals surface area contributed by atoms with Gasteiger partial charge in [0.15, 0.2) is 0 Å². The maximum atomic E-state index is 5.13. The van der Waals surface area contributed by atoms with Crippen molar-refractivity contribution < 1.29 is 4.74 Å². The molecule has 1 fully saturated rings. The SMILES string of the molecule is C=CCCC(C)C1CO1. The highest BCUT2D eigenvalue weighted by atomic mass is 16.6. The van der Waals surface area contributed by atoms with Gasteiger partial charge in [0.05, 0.1) is 12.7 Å². The molecule has 0 spiro atoms. The third-order valence-corrected chi connectivity index (χ3v) is 1.82. The van der Waals surface area contributed by atoms with Crippen molar-refractivity contribution in [2.24, 2.45) is 5.92 Å². The molecular formula is C8H14O. The first-order valence-corrected chi connectivity index (χ1v) is 3.57. The Balaban J connectivity index is 2.02. The lowest BCUT2D eigenvalue weighted by atomic mass is 10.0. The molecule has 52 valence electrons. The molecular weight excluding hydrogens is 112 g/mol. The molecule has 1 rings (SSSR count). The van der Waals surface area contributed by atoms with Gasteiger partial charge in [0.25, 0.3) is 0 Å². The van der Waals surface area contributed by atoms with Gasteiger partial charge < -0.3 is 4.74 Å². The van der Waals surface area contributed by atoms with Gasteiger partial charge in [-0.25, -0.2) is 0 Å². The molecule has 1 heterocycles. The van der Waals surface area contributed by atoms with E-state index in [1.54, 1.807) is 0 Å². The monoisotopic (exact) mass is 126 g/mol. The zero-order chi connectivity index (χ0) is 6.69. The van der Waals surface area contributed by atoms with Crippen LogP contribution in [0.5, 0.6) is 0 Å². The lowest BCUT2D eigenvalue weighted by molar-refractivity contribution is 0.332. The van der Waals surface area contributed by atoms with Gasteiger partial charge in [0, 0.05) is 0 Å². The minimum atomic E-state index is 0.574. The predicted molar refractivity (Wildman–Crippen MR) is 38.3 cm³/mol. The van der Waals surface area contributed by atoms with Crippen LogP contribution in [0.3, 0.4) is 0 Å². The molecule has 0 aromatic rings. The van der Waals surface area contributed by atoms with E-state index in [0.717, 1.165) is 18.9 Å². The summed E-state index contributed by atoms with van der Waals surface area (Å²) in [5, 5.41) is 0. The highest BCUT2D eigenvalue weighted by Crippen LogP contribution is 2.23. The van der Waals surface area contributed by atoms with Crippen LogP contribution in [0.4, 0.5) is 0 Å². The Morgan fingerprint density at radius 2 is 2.56 bits per heavy atom.